The Hall–Kier alpha value is -0.870. The molecule has 0 saturated heterocycles. The molecule has 0 spiro atoms. The van der Waals surface area contributed by atoms with Crippen molar-refractivity contribution in [1.82, 2.24) is 5.32 Å². The second-order valence-electron chi connectivity index (χ2n) is 4.61. The van der Waals surface area contributed by atoms with Crippen LogP contribution >= 0.6 is 11.8 Å². The summed E-state index contributed by atoms with van der Waals surface area (Å²) < 4.78 is 10.8. The highest BCUT2D eigenvalue weighted by Crippen LogP contribution is 2.35. The van der Waals surface area contributed by atoms with Crippen LogP contribution in [-0.2, 0) is 0 Å². The van der Waals surface area contributed by atoms with Gasteiger partial charge in [-0.15, -0.1) is 0 Å². The van der Waals surface area contributed by atoms with Gasteiger partial charge in [-0.25, -0.2) is 0 Å². The summed E-state index contributed by atoms with van der Waals surface area (Å²) >= 11 is 1.97. The third kappa shape index (κ3) is 3.33. The van der Waals surface area contributed by atoms with Gasteiger partial charge in [-0.05, 0) is 29.5 Å². The zero-order valence-electron chi connectivity index (χ0n) is 11.2. The Balaban J connectivity index is 2.09. The maximum atomic E-state index is 5.44. The number of hydrogen-bond donors (Lipinski definition) is 1. The lowest BCUT2D eigenvalue weighted by molar-refractivity contribution is 0.174. The fraction of sp³-hybridized carbons (Fsp3) is 0.571. The highest BCUT2D eigenvalue weighted by atomic mass is 32.2. The average Bonchev–Trinajstić information content (AvgIpc) is 2.81. The summed E-state index contributed by atoms with van der Waals surface area (Å²) in [6.07, 6.45) is 0. The minimum Gasteiger partial charge on any atom is -0.454 e. The summed E-state index contributed by atoms with van der Waals surface area (Å²) in [5, 5.41) is 4.18. The second kappa shape index (κ2) is 6.34. The van der Waals surface area contributed by atoms with Crippen LogP contribution in [0.4, 0.5) is 0 Å². The van der Waals surface area contributed by atoms with Crippen molar-refractivity contribution < 1.29 is 9.47 Å². The van der Waals surface area contributed by atoms with Gasteiger partial charge in [0.05, 0.1) is 0 Å². The van der Waals surface area contributed by atoms with Gasteiger partial charge in [0.25, 0.3) is 0 Å². The summed E-state index contributed by atoms with van der Waals surface area (Å²) in [6.45, 7) is 7.91. The molecule has 0 amide bonds. The van der Waals surface area contributed by atoms with Crippen molar-refractivity contribution in [1.29, 1.82) is 0 Å². The van der Waals surface area contributed by atoms with Crippen molar-refractivity contribution in [3.63, 3.8) is 0 Å². The second-order valence-corrected chi connectivity index (χ2v) is 6.21. The first-order valence-corrected chi connectivity index (χ1v) is 7.50. The van der Waals surface area contributed by atoms with E-state index < -0.39 is 0 Å². The van der Waals surface area contributed by atoms with Gasteiger partial charge in [-0.3, -0.25) is 0 Å². The first-order chi connectivity index (χ1) is 8.70. The molecular formula is C14H21NO2S. The predicted molar refractivity (Wildman–Crippen MR) is 76.6 cm³/mol. The van der Waals surface area contributed by atoms with Crippen LogP contribution in [0.15, 0.2) is 18.2 Å². The summed E-state index contributed by atoms with van der Waals surface area (Å²) in [5.41, 5.74) is 1.27. The summed E-state index contributed by atoms with van der Waals surface area (Å²) in [6, 6.07) is 6.59. The molecule has 1 aliphatic heterocycles. The van der Waals surface area contributed by atoms with Crippen LogP contribution in [0.2, 0.25) is 0 Å². The topological polar surface area (TPSA) is 30.5 Å². The molecule has 2 rings (SSSR count). The van der Waals surface area contributed by atoms with Gasteiger partial charge >= 0.3 is 0 Å². The van der Waals surface area contributed by atoms with E-state index in [2.05, 4.69) is 38.2 Å². The Morgan fingerprint density at radius 3 is 2.78 bits per heavy atom. The van der Waals surface area contributed by atoms with Crippen molar-refractivity contribution >= 4 is 11.8 Å². The Morgan fingerprint density at radius 1 is 1.28 bits per heavy atom. The first-order valence-electron chi connectivity index (χ1n) is 6.45. The smallest absolute Gasteiger partial charge is 0.231 e. The fourth-order valence-electron chi connectivity index (χ4n) is 1.94. The van der Waals surface area contributed by atoms with E-state index in [0.717, 1.165) is 23.8 Å². The molecule has 0 fully saturated rings. The van der Waals surface area contributed by atoms with E-state index in [4.69, 9.17) is 9.47 Å². The first kappa shape index (κ1) is 13.6. The normalized spacial score (nSPS) is 15.1. The van der Waals surface area contributed by atoms with E-state index >= 15 is 0 Å². The van der Waals surface area contributed by atoms with Crippen LogP contribution in [0.3, 0.4) is 0 Å². The minimum absolute atomic E-state index is 0.339. The van der Waals surface area contributed by atoms with Crippen molar-refractivity contribution in [2.75, 3.05) is 19.1 Å². The van der Waals surface area contributed by atoms with Crippen molar-refractivity contribution in [3.8, 4) is 11.5 Å². The largest absolute Gasteiger partial charge is 0.454 e. The van der Waals surface area contributed by atoms with Crippen LogP contribution in [0, 0.1) is 0 Å². The van der Waals surface area contributed by atoms with Crippen LogP contribution in [0.25, 0.3) is 0 Å². The number of rotatable bonds is 6. The van der Waals surface area contributed by atoms with E-state index in [1.165, 1.54) is 5.56 Å². The monoisotopic (exact) mass is 267 g/mol. The minimum atomic E-state index is 0.339. The molecule has 100 valence electrons. The van der Waals surface area contributed by atoms with Gasteiger partial charge in [-0.1, -0.05) is 26.8 Å². The van der Waals surface area contributed by atoms with Crippen LogP contribution in [0.5, 0.6) is 11.5 Å². The van der Waals surface area contributed by atoms with Crippen molar-refractivity contribution in [2.24, 2.45) is 0 Å². The lowest BCUT2D eigenvalue weighted by Crippen LogP contribution is -2.23. The Labute approximate surface area is 113 Å². The molecular weight excluding hydrogens is 246 g/mol. The molecule has 1 aromatic carbocycles. The molecule has 1 atom stereocenters. The molecule has 1 aromatic rings. The molecule has 4 heteroatoms. The maximum absolute atomic E-state index is 5.44. The Kier molecular flexibility index (Phi) is 4.78. The number of thioether (sulfide) groups is 1. The molecule has 18 heavy (non-hydrogen) atoms. The highest BCUT2D eigenvalue weighted by molar-refractivity contribution is 7.99. The van der Waals surface area contributed by atoms with Crippen LogP contribution in [0.1, 0.15) is 32.4 Å². The molecule has 1 N–H and O–H groups in total. The quantitative estimate of drug-likeness (QED) is 0.857. The predicted octanol–water partition coefficient (Wildman–Crippen LogP) is 3.21. The number of fused-ring (bicyclic) bond motifs is 1. The number of benzene rings is 1. The molecule has 1 aliphatic rings. The van der Waals surface area contributed by atoms with E-state index in [9.17, 15) is 0 Å². The average molecular weight is 267 g/mol. The molecule has 1 heterocycles. The van der Waals surface area contributed by atoms with Crippen LogP contribution in [-0.4, -0.2) is 24.3 Å². The molecule has 0 bridgehead atoms. The standard InChI is InChI=1S/C14H21NO2S/c1-4-15-12(8-18-10(2)3)11-5-6-13-14(7-11)17-9-16-13/h5-7,10,12,15H,4,8-9H2,1-3H3. The van der Waals surface area contributed by atoms with Crippen molar-refractivity contribution in [2.45, 2.75) is 32.1 Å². The fourth-order valence-corrected chi connectivity index (χ4v) is 2.83. The van der Waals surface area contributed by atoms with E-state index in [1.54, 1.807) is 0 Å². The zero-order valence-corrected chi connectivity index (χ0v) is 12.0. The molecule has 0 aromatic heterocycles. The third-order valence-corrected chi connectivity index (χ3v) is 4.04. The molecule has 0 radical (unpaired) electrons. The van der Waals surface area contributed by atoms with Gasteiger partial charge in [0.15, 0.2) is 11.5 Å². The van der Waals surface area contributed by atoms with E-state index in [1.807, 2.05) is 17.8 Å². The summed E-state index contributed by atoms with van der Waals surface area (Å²) in [5.74, 6) is 2.79. The lowest BCUT2D eigenvalue weighted by Gasteiger charge is -2.19. The molecule has 0 aliphatic carbocycles. The number of hydrogen-bond acceptors (Lipinski definition) is 4. The number of nitrogens with one attached hydrogen (secondary N) is 1. The molecule has 3 nitrogen and oxygen atoms in total. The van der Waals surface area contributed by atoms with Gasteiger partial charge in [0.2, 0.25) is 6.79 Å². The Morgan fingerprint density at radius 2 is 2.06 bits per heavy atom. The van der Waals surface area contributed by atoms with Gasteiger partial charge in [-0.2, -0.15) is 11.8 Å². The molecule has 0 saturated carbocycles. The number of ether oxygens (including phenoxy) is 2. The van der Waals surface area contributed by atoms with Gasteiger partial charge in [0, 0.05) is 11.8 Å². The highest BCUT2D eigenvalue weighted by Gasteiger charge is 2.17. The van der Waals surface area contributed by atoms with E-state index in [0.29, 0.717) is 18.1 Å². The SMILES string of the molecule is CCNC(CSC(C)C)c1ccc2c(c1)OCO2. The summed E-state index contributed by atoms with van der Waals surface area (Å²) in [7, 11) is 0. The maximum Gasteiger partial charge on any atom is 0.231 e. The van der Waals surface area contributed by atoms with Gasteiger partial charge in [0.1, 0.15) is 0 Å². The third-order valence-electron chi connectivity index (χ3n) is 2.85. The van der Waals surface area contributed by atoms with Crippen molar-refractivity contribution in [3.05, 3.63) is 23.8 Å². The zero-order chi connectivity index (χ0) is 13.0. The summed E-state index contributed by atoms with van der Waals surface area (Å²) in [4.78, 5) is 0. The van der Waals surface area contributed by atoms with Crippen LogP contribution < -0.4 is 14.8 Å². The Bertz CT molecular complexity index is 395. The molecule has 1 unspecified atom stereocenters. The van der Waals surface area contributed by atoms with Gasteiger partial charge < -0.3 is 14.8 Å². The van der Waals surface area contributed by atoms with E-state index in [-0.39, 0.29) is 0 Å². The lowest BCUT2D eigenvalue weighted by atomic mass is 10.1.